The molecule has 72 valence electrons. The number of nitrogens with two attached hydrogens (primary N) is 1. The summed E-state index contributed by atoms with van der Waals surface area (Å²) in [5.74, 6) is -1.99. The van der Waals surface area contributed by atoms with Gasteiger partial charge in [-0.3, -0.25) is 0 Å². The van der Waals surface area contributed by atoms with E-state index in [2.05, 4.69) is 4.42 Å². The number of carboxylic acids is 1. The van der Waals surface area contributed by atoms with Crippen LogP contribution in [0.1, 0.15) is 10.6 Å². The van der Waals surface area contributed by atoms with E-state index in [9.17, 15) is 13.2 Å². The molecule has 3 N–H and O–H groups in total. The molecule has 0 aliphatic rings. The zero-order valence-electron chi connectivity index (χ0n) is 6.02. The van der Waals surface area contributed by atoms with Gasteiger partial charge in [0.2, 0.25) is 21.0 Å². The molecule has 0 fully saturated rings. The van der Waals surface area contributed by atoms with Crippen LogP contribution in [0.25, 0.3) is 0 Å². The van der Waals surface area contributed by atoms with Gasteiger partial charge in [-0.1, -0.05) is 0 Å². The van der Waals surface area contributed by atoms with Crippen molar-refractivity contribution in [1.29, 1.82) is 0 Å². The van der Waals surface area contributed by atoms with Crippen LogP contribution >= 0.6 is 11.6 Å². The van der Waals surface area contributed by atoms with E-state index in [1.807, 2.05) is 0 Å². The van der Waals surface area contributed by atoms with Crippen molar-refractivity contribution in [2.45, 2.75) is 4.90 Å². The molecule has 0 bridgehead atoms. The Morgan fingerprint density at radius 1 is 1.62 bits per heavy atom. The van der Waals surface area contributed by atoms with Crippen LogP contribution in [0.3, 0.4) is 0 Å². The summed E-state index contributed by atoms with van der Waals surface area (Å²) in [5.41, 5.74) is 0. The lowest BCUT2D eigenvalue weighted by Gasteiger charge is -1.89. The fourth-order valence-corrected chi connectivity index (χ4v) is 1.65. The number of carbonyl (C=O) groups is 1. The number of primary sulfonamides is 1. The molecule has 0 saturated heterocycles. The molecule has 0 aliphatic heterocycles. The Morgan fingerprint density at radius 3 is 2.38 bits per heavy atom. The van der Waals surface area contributed by atoms with E-state index in [1.54, 1.807) is 0 Å². The molecule has 0 aromatic carbocycles. The van der Waals surface area contributed by atoms with E-state index in [4.69, 9.17) is 21.8 Å². The smallest absolute Gasteiger partial charge is 0.371 e. The molecule has 0 saturated carbocycles. The second-order valence-corrected chi connectivity index (χ2v) is 3.97. The third-order valence-corrected chi connectivity index (χ3v) is 2.48. The second kappa shape index (κ2) is 3.02. The van der Waals surface area contributed by atoms with Gasteiger partial charge >= 0.3 is 5.97 Å². The zero-order valence-corrected chi connectivity index (χ0v) is 7.59. The molecule has 8 heteroatoms. The first-order valence-corrected chi connectivity index (χ1v) is 4.80. The topological polar surface area (TPSA) is 111 Å². The maximum Gasteiger partial charge on any atom is 0.371 e. The second-order valence-electron chi connectivity index (χ2n) is 2.10. The van der Waals surface area contributed by atoms with Gasteiger partial charge in [0.25, 0.3) is 0 Å². The van der Waals surface area contributed by atoms with E-state index in [0.717, 1.165) is 6.07 Å². The molecule has 13 heavy (non-hydrogen) atoms. The number of rotatable bonds is 2. The average Bonchev–Trinajstić information content (AvgIpc) is 2.29. The van der Waals surface area contributed by atoms with Gasteiger partial charge in [0.15, 0.2) is 0 Å². The number of sulfonamides is 1. The number of hydrogen-bond donors (Lipinski definition) is 2. The van der Waals surface area contributed by atoms with Crippen LogP contribution in [0.2, 0.25) is 5.22 Å². The predicted octanol–water partition coefficient (Wildman–Crippen LogP) is 0.279. The van der Waals surface area contributed by atoms with Gasteiger partial charge in [-0.05, 0) is 11.6 Å². The van der Waals surface area contributed by atoms with Crippen LogP contribution in [0.4, 0.5) is 0 Å². The lowest BCUT2D eigenvalue weighted by Crippen LogP contribution is -2.11. The van der Waals surface area contributed by atoms with E-state index in [0.29, 0.717) is 0 Å². The Hall–Kier alpha value is -1.05. The molecule has 6 nitrogen and oxygen atoms in total. The van der Waals surface area contributed by atoms with Crippen LogP contribution in [-0.2, 0) is 10.0 Å². The molecule has 0 aliphatic carbocycles. The normalized spacial score (nSPS) is 11.5. The van der Waals surface area contributed by atoms with Crippen LogP contribution in [0.15, 0.2) is 15.4 Å². The Bertz CT molecular complexity index is 447. The predicted molar refractivity (Wildman–Crippen MR) is 42.1 cm³/mol. The summed E-state index contributed by atoms with van der Waals surface area (Å²) < 4.78 is 25.9. The molecule has 0 spiro atoms. The minimum atomic E-state index is -4.04. The summed E-state index contributed by atoms with van der Waals surface area (Å²) in [6.45, 7) is 0. The Balaban J connectivity index is 3.35. The van der Waals surface area contributed by atoms with Gasteiger partial charge < -0.3 is 9.52 Å². The molecule has 1 aromatic heterocycles. The van der Waals surface area contributed by atoms with Crippen molar-refractivity contribution in [3.05, 3.63) is 17.0 Å². The SMILES string of the molecule is NS(=O)(=O)c1cc(C(=O)O)oc1Cl. The van der Waals surface area contributed by atoms with Gasteiger partial charge in [-0.25, -0.2) is 18.4 Å². The first-order valence-electron chi connectivity index (χ1n) is 2.88. The molecular weight excluding hydrogens is 222 g/mol. The van der Waals surface area contributed by atoms with Crippen molar-refractivity contribution < 1.29 is 22.7 Å². The zero-order chi connectivity index (χ0) is 10.2. The number of furan rings is 1. The molecule has 0 unspecified atom stereocenters. The third kappa shape index (κ3) is 2.00. The van der Waals surface area contributed by atoms with Crippen molar-refractivity contribution in [3.63, 3.8) is 0 Å². The highest BCUT2D eigenvalue weighted by atomic mass is 35.5. The van der Waals surface area contributed by atoms with Crippen LogP contribution in [0, 0.1) is 0 Å². The average molecular weight is 226 g/mol. The third-order valence-electron chi connectivity index (χ3n) is 1.17. The fourth-order valence-electron chi connectivity index (χ4n) is 0.651. The maximum absolute atomic E-state index is 10.7. The van der Waals surface area contributed by atoms with Crippen molar-refractivity contribution in [2.75, 3.05) is 0 Å². The van der Waals surface area contributed by atoms with Crippen LogP contribution < -0.4 is 5.14 Å². The largest absolute Gasteiger partial charge is 0.475 e. The molecule has 0 atom stereocenters. The molecular formula is C5H4ClNO5S. The lowest BCUT2D eigenvalue weighted by atomic mass is 10.5. The van der Waals surface area contributed by atoms with E-state index >= 15 is 0 Å². The maximum atomic E-state index is 10.7. The van der Waals surface area contributed by atoms with Crippen LogP contribution in [0.5, 0.6) is 0 Å². The summed E-state index contributed by atoms with van der Waals surface area (Å²) in [6.07, 6.45) is 0. The highest BCUT2D eigenvalue weighted by Crippen LogP contribution is 2.24. The van der Waals surface area contributed by atoms with Gasteiger partial charge in [0.05, 0.1) is 0 Å². The first-order chi connectivity index (χ1) is 5.82. The molecule has 0 radical (unpaired) electrons. The number of carboxylic acid groups (broad SMARTS) is 1. The van der Waals surface area contributed by atoms with Gasteiger partial charge in [-0.15, -0.1) is 0 Å². The number of hydrogen-bond acceptors (Lipinski definition) is 4. The van der Waals surface area contributed by atoms with E-state index < -0.39 is 31.9 Å². The van der Waals surface area contributed by atoms with Crippen LogP contribution in [-0.4, -0.2) is 19.5 Å². The number of halogens is 1. The highest BCUT2D eigenvalue weighted by molar-refractivity contribution is 7.89. The fraction of sp³-hybridized carbons (Fsp3) is 0. The summed E-state index contributed by atoms with van der Waals surface area (Å²) in [6, 6.07) is 0.750. The molecule has 1 aromatic rings. The minimum absolute atomic E-state index is 0.536. The number of aromatic carboxylic acids is 1. The van der Waals surface area contributed by atoms with Gasteiger partial charge in [0, 0.05) is 6.07 Å². The van der Waals surface area contributed by atoms with Gasteiger partial charge in [-0.2, -0.15) is 0 Å². The Morgan fingerprint density at radius 2 is 2.15 bits per heavy atom. The van der Waals surface area contributed by atoms with Gasteiger partial charge in [0.1, 0.15) is 4.90 Å². The first kappa shape index (κ1) is 10.0. The summed E-state index contributed by atoms with van der Waals surface area (Å²) in [5, 5.41) is 12.6. The van der Waals surface area contributed by atoms with Crippen molar-refractivity contribution in [2.24, 2.45) is 5.14 Å². The van der Waals surface area contributed by atoms with E-state index in [-0.39, 0.29) is 0 Å². The minimum Gasteiger partial charge on any atom is -0.475 e. The Kier molecular flexibility index (Phi) is 2.33. The highest BCUT2D eigenvalue weighted by Gasteiger charge is 2.21. The monoisotopic (exact) mass is 225 g/mol. The lowest BCUT2D eigenvalue weighted by molar-refractivity contribution is 0.0662. The summed E-state index contributed by atoms with van der Waals surface area (Å²) in [7, 11) is -4.04. The van der Waals surface area contributed by atoms with Crippen molar-refractivity contribution in [3.8, 4) is 0 Å². The van der Waals surface area contributed by atoms with Crippen molar-refractivity contribution >= 4 is 27.6 Å². The molecule has 0 amide bonds. The summed E-state index contributed by atoms with van der Waals surface area (Å²) >= 11 is 5.28. The Labute approximate surface area is 78.0 Å². The summed E-state index contributed by atoms with van der Waals surface area (Å²) in [4.78, 5) is 9.77. The quantitative estimate of drug-likeness (QED) is 0.751. The molecule has 1 rings (SSSR count). The van der Waals surface area contributed by atoms with E-state index in [1.165, 1.54) is 0 Å². The van der Waals surface area contributed by atoms with Crippen molar-refractivity contribution in [1.82, 2.24) is 0 Å². The molecule has 1 heterocycles. The standard InChI is InChI=1S/C5H4ClNO5S/c6-4-3(13(7,10)11)1-2(12-4)5(8)9/h1H,(H,8,9)(H2,7,10,11).